The number of rotatable bonds is 3. The van der Waals surface area contributed by atoms with Gasteiger partial charge in [-0.25, -0.2) is 13.4 Å². The highest BCUT2D eigenvalue weighted by molar-refractivity contribution is 7.90. The molecule has 0 amide bonds. The molecule has 0 saturated heterocycles. The molecule has 0 bridgehead atoms. The Morgan fingerprint density at radius 3 is 2.27 bits per heavy atom. The van der Waals surface area contributed by atoms with Gasteiger partial charge in [0.15, 0.2) is 14.9 Å². The van der Waals surface area contributed by atoms with E-state index in [-0.39, 0.29) is 5.03 Å². The second-order valence-electron chi connectivity index (χ2n) is 3.02. The topological polar surface area (TPSA) is 67.3 Å². The molecule has 0 spiro atoms. The van der Waals surface area contributed by atoms with Gasteiger partial charge in [-0.1, -0.05) is 19.4 Å². The molecule has 0 saturated carbocycles. The Bertz CT molecular complexity index is 346. The van der Waals surface area contributed by atoms with Crippen molar-refractivity contribution in [2.24, 2.45) is 0 Å². The van der Waals surface area contributed by atoms with Gasteiger partial charge < -0.3 is 5.11 Å². The van der Waals surface area contributed by atoms with Crippen LogP contribution in [-0.2, 0) is 9.84 Å². The summed E-state index contributed by atoms with van der Waals surface area (Å²) in [6.07, 6.45) is 4.63. The minimum Gasteiger partial charge on any atom is -0.396 e. The smallest absolute Gasteiger partial charge is 0.192 e. The molecule has 86 valence electrons. The van der Waals surface area contributed by atoms with Gasteiger partial charge in [-0.3, -0.25) is 0 Å². The Hall–Kier alpha value is -0.940. The van der Waals surface area contributed by atoms with Gasteiger partial charge in [-0.05, 0) is 18.6 Å². The van der Waals surface area contributed by atoms with Crippen molar-refractivity contribution in [2.75, 3.05) is 12.9 Å². The van der Waals surface area contributed by atoms with Gasteiger partial charge in [-0.2, -0.15) is 0 Å². The van der Waals surface area contributed by atoms with Crippen LogP contribution in [0, 0.1) is 0 Å². The number of unbranched alkanes of at least 4 members (excludes halogenated alkanes) is 1. The van der Waals surface area contributed by atoms with Crippen molar-refractivity contribution in [1.82, 2.24) is 4.98 Å². The molecule has 0 radical (unpaired) electrons. The summed E-state index contributed by atoms with van der Waals surface area (Å²) in [5.74, 6) is 0. The Morgan fingerprint density at radius 2 is 2.07 bits per heavy atom. The molecule has 4 nitrogen and oxygen atoms in total. The third-order valence-electron chi connectivity index (χ3n) is 1.53. The Labute approximate surface area is 90.9 Å². The predicted octanol–water partition coefficient (Wildman–Crippen LogP) is 1.26. The zero-order valence-electron chi connectivity index (χ0n) is 9.05. The normalized spacial score (nSPS) is 10.3. The molecule has 0 aliphatic heterocycles. The zero-order chi connectivity index (χ0) is 11.7. The third-order valence-corrected chi connectivity index (χ3v) is 2.53. The van der Waals surface area contributed by atoms with E-state index >= 15 is 0 Å². The second kappa shape index (κ2) is 7.36. The first-order chi connectivity index (χ1) is 7.02. The van der Waals surface area contributed by atoms with E-state index in [4.69, 9.17) is 5.11 Å². The molecule has 15 heavy (non-hydrogen) atoms. The standard InChI is InChI=1S/C6H7NO2S.C4H10O/c1-10(8,9)6-4-2-3-5-7-6;1-2-3-4-5/h2-5H,1H3;5H,2-4H2,1H3. The molecule has 1 aromatic heterocycles. The molecule has 5 heteroatoms. The molecule has 0 aromatic carbocycles. The van der Waals surface area contributed by atoms with Gasteiger partial charge >= 0.3 is 0 Å². The van der Waals surface area contributed by atoms with E-state index < -0.39 is 9.84 Å². The Balaban J connectivity index is 0.000000336. The van der Waals surface area contributed by atoms with Crippen molar-refractivity contribution in [1.29, 1.82) is 0 Å². The van der Waals surface area contributed by atoms with E-state index in [9.17, 15) is 8.42 Å². The molecule has 0 atom stereocenters. The number of aliphatic hydroxyl groups is 1. The van der Waals surface area contributed by atoms with Crippen molar-refractivity contribution in [3.63, 3.8) is 0 Å². The van der Waals surface area contributed by atoms with E-state index in [0.29, 0.717) is 6.61 Å². The molecular formula is C10H17NO3S. The number of pyridine rings is 1. The van der Waals surface area contributed by atoms with Crippen molar-refractivity contribution < 1.29 is 13.5 Å². The van der Waals surface area contributed by atoms with Crippen LogP contribution in [0.1, 0.15) is 19.8 Å². The van der Waals surface area contributed by atoms with Crippen molar-refractivity contribution in [3.05, 3.63) is 24.4 Å². The van der Waals surface area contributed by atoms with E-state index in [0.717, 1.165) is 19.1 Å². The maximum atomic E-state index is 10.8. The van der Waals surface area contributed by atoms with Crippen LogP contribution in [-0.4, -0.2) is 31.4 Å². The fourth-order valence-electron chi connectivity index (χ4n) is 0.725. The number of hydrogen-bond acceptors (Lipinski definition) is 4. The highest BCUT2D eigenvalue weighted by Crippen LogP contribution is 2.01. The maximum absolute atomic E-state index is 10.8. The van der Waals surface area contributed by atoms with Crippen LogP contribution in [0.4, 0.5) is 0 Å². The first kappa shape index (κ1) is 14.1. The summed E-state index contributed by atoms with van der Waals surface area (Å²) in [5.41, 5.74) is 0. The van der Waals surface area contributed by atoms with Gasteiger partial charge in [0.1, 0.15) is 0 Å². The lowest BCUT2D eigenvalue weighted by Gasteiger charge is -1.92. The number of hydrogen-bond donors (Lipinski definition) is 1. The average molecular weight is 231 g/mol. The lowest BCUT2D eigenvalue weighted by Crippen LogP contribution is -1.98. The molecule has 0 fully saturated rings. The Kier molecular flexibility index (Phi) is 6.90. The molecular weight excluding hydrogens is 214 g/mol. The molecule has 0 aliphatic rings. The highest BCUT2D eigenvalue weighted by atomic mass is 32.2. The summed E-state index contributed by atoms with van der Waals surface area (Å²) in [5, 5.41) is 8.19. The van der Waals surface area contributed by atoms with Crippen molar-refractivity contribution >= 4 is 9.84 Å². The summed E-state index contributed by atoms with van der Waals surface area (Å²) >= 11 is 0. The first-order valence-corrected chi connectivity index (χ1v) is 6.63. The zero-order valence-corrected chi connectivity index (χ0v) is 9.87. The quantitative estimate of drug-likeness (QED) is 0.850. The second-order valence-corrected chi connectivity index (χ2v) is 4.98. The Morgan fingerprint density at radius 1 is 1.40 bits per heavy atom. The van der Waals surface area contributed by atoms with Crippen molar-refractivity contribution in [2.45, 2.75) is 24.8 Å². The van der Waals surface area contributed by atoms with Crippen LogP contribution in [0.3, 0.4) is 0 Å². The summed E-state index contributed by atoms with van der Waals surface area (Å²) in [4.78, 5) is 3.66. The van der Waals surface area contributed by atoms with Crippen molar-refractivity contribution in [3.8, 4) is 0 Å². The van der Waals surface area contributed by atoms with Gasteiger partial charge in [-0.15, -0.1) is 0 Å². The largest absolute Gasteiger partial charge is 0.396 e. The molecule has 1 aromatic rings. The molecule has 1 rings (SSSR count). The number of sulfone groups is 1. The summed E-state index contributed by atoms with van der Waals surface area (Å²) < 4.78 is 21.5. The van der Waals surface area contributed by atoms with Crippen LogP contribution in [0.25, 0.3) is 0 Å². The lowest BCUT2D eigenvalue weighted by molar-refractivity contribution is 0.287. The van der Waals surface area contributed by atoms with E-state index in [1.165, 1.54) is 12.3 Å². The highest BCUT2D eigenvalue weighted by Gasteiger charge is 2.05. The van der Waals surface area contributed by atoms with Gasteiger partial charge in [0.25, 0.3) is 0 Å². The van der Waals surface area contributed by atoms with Gasteiger partial charge in [0.05, 0.1) is 0 Å². The third kappa shape index (κ3) is 7.04. The molecule has 0 aliphatic carbocycles. The minimum atomic E-state index is -3.11. The fourth-order valence-corrected chi connectivity index (χ4v) is 1.30. The summed E-state index contributed by atoms with van der Waals surface area (Å²) in [6.45, 7) is 2.40. The minimum absolute atomic E-state index is 0.120. The SMILES string of the molecule is CCCCO.CS(=O)(=O)c1ccccn1. The lowest BCUT2D eigenvalue weighted by atomic mass is 10.4. The average Bonchev–Trinajstić information content (AvgIpc) is 2.20. The molecule has 1 N–H and O–H groups in total. The summed E-state index contributed by atoms with van der Waals surface area (Å²) in [7, 11) is -3.11. The van der Waals surface area contributed by atoms with E-state index in [1.807, 2.05) is 0 Å². The van der Waals surface area contributed by atoms with Gasteiger partial charge in [0, 0.05) is 19.1 Å². The first-order valence-electron chi connectivity index (χ1n) is 4.74. The molecule has 0 unspecified atom stereocenters. The van der Waals surface area contributed by atoms with Gasteiger partial charge in [0.2, 0.25) is 0 Å². The fraction of sp³-hybridized carbons (Fsp3) is 0.500. The van der Waals surface area contributed by atoms with E-state index in [1.54, 1.807) is 12.1 Å². The van der Waals surface area contributed by atoms with Crippen LogP contribution in [0.5, 0.6) is 0 Å². The monoisotopic (exact) mass is 231 g/mol. The van der Waals surface area contributed by atoms with Crippen LogP contribution < -0.4 is 0 Å². The number of aliphatic hydroxyl groups excluding tert-OH is 1. The van der Waals surface area contributed by atoms with Crippen LogP contribution in [0.2, 0.25) is 0 Å². The van der Waals surface area contributed by atoms with E-state index in [2.05, 4.69) is 11.9 Å². The maximum Gasteiger partial charge on any atom is 0.192 e. The van der Waals surface area contributed by atoms with Crippen LogP contribution >= 0.6 is 0 Å². The molecule has 1 heterocycles. The predicted molar refractivity (Wildman–Crippen MR) is 59.3 cm³/mol. The number of aromatic nitrogens is 1. The number of nitrogens with zero attached hydrogens (tertiary/aromatic N) is 1. The van der Waals surface area contributed by atoms with Crippen LogP contribution in [0.15, 0.2) is 29.4 Å². The summed E-state index contributed by atoms with van der Waals surface area (Å²) in [6, 6.07) is 4.79.